The molecule has 0 amide bonds. The van der Waals surface area contributed by atoms with Gasteiger partial charge in [0.1, 0.15) is 11.9 Å². The first kappa shape index (κ1) is 23.7. The van der Waals surface area contributed by atoms with Crippen molar-refractivity contribution in [2.24, 2.45) is 0 Å². The molecular formula is C29H31FN2O2. The summed E-state index contributed by atoms with van der Waals surface area (Å²) in [5.41, 5.74) is 7.57. The van der Waals surface area contributed by atoms with Crippen molar-refractivity contribution in [3.8, 4) is 0 Å². The molecule has 0 bridgehead atoms. The first-order chi connectivity index (χ1) is 16.4. The van der Waals surface area contributed by atoms with E-state index >= 15 is 0 Å². The van der Waals surface area contributed by atoms with Crippen LogP contribution in [0.1, 0.15) is 34.2 Å². The van der Waals surface area contributed by atoms with Crippen LogP contribution in [0, 0.1) is 19.7 Å². The average molecular weight is 459 g/mol. The number of hydrogen-bond acceptors (Lipinski definition) is 3. The number of rotatable bonds is 8. The number of nitrogens with one attached hydrogen (secondary N) is 1. The molecular weight excluding hydrogens is 427 g/mol. The molecule has 0 unspecified atom stereocenters. The van der Waals surface area contributed by atoms with Crippen LogP contribution in [-0.2, 0) is 17.8 Å². The van der Waals surface area contributed by atoms with E-state index in [1.807, 2.05) is 56.3 Å². The molecule has 1 aliphatic heterocycles. The molecule has 0 spiro atoms. The predicted molar refractivity (Wildman–Crippen MR) is 135 cm³/mol. The molecule has 0 radical (unpaired) electrons. The molecule has 0 saturated heterocycles. The van der Waals surface area contributed by atoms with Crippen LogP contribution in [0.3, 0.4) is 0 Å². The summed E-state index contributed by atoms with van der Waals surface area (Å²) in [5, 5.41) is 13.0. The maximum Gasteiger partial charge on any atom is 0.326 e. The van der Waals surface area contributed by atoms with Crippen molar-refractivity contribution in [1.82, 2.24) is 4.90 Å². The minimum Gasteiger partial charge on any atom is -0.480 e. The van der Waals surface area contributed by atoms with E-state index in [0.717, 1.165) is 54.0 Å². The molecule has 1 atom stereocenters. The smallest absolute Gasteiger partial charge is 0.326 e. The summed E-state index contributed by atoms with van der Waals surface area (Å²) >= 11 is 0. The number of aryl methyl sites for hydroxylation is 2. The van der Waals surface area contributed by atoms with Crippen molar-refractivity contribution in [3.63, 3.8) is 0 Å². The quantitative estimate of drug-likeness (QED) is 0.445. The van der Waals surface area contributed by atoms with E-state index in [1.165, 1.54) is 23.3 Å². The van der Waals surface area contributed by atoms with Crippen molar-refractivity contribution < 1.29 is 14.3 Å². The molecule has 3 aromatic rings. The zero-order chi connectivity index (χ0) is 24.1. The minimum absolute atomic E-state index is 0.205. The van der Waals surface area contributed by atoms with Crippen LogP contribution in [0.2, 0.25) is 0 Å². The lowest BCUT2D eigenvalue weighted by Crippen LogP contribution is -2.32. The van der Waals surface area contributed by atoms with Gasteiger partial charge < -0.3 is 10.4 Å². The molecule has 34 heavy (non-hydrogen) atoms. The number of para-hydroxylation sites is 1. The molecule has 5 heteroatoms. The maximum absolute atomic E-state index is 13.1. The number of aliphatic carboxylic acids is 1. The zero-order valence-corrected chi connectivity index (χ0v) is 19.7. The summed E-state index contributed by atoms with van der Waals surface area (Å²) in [6.45, 7) is 6.59. The minimum atomic E-state index is -0.858. The number of carboxylic acid groups (broad SMARTS) is 1. The highest BCUT2D eigenvalue weighted by atomic mass is 19.1. The first-order valence-corrected chi connectivity index (χ1v) is 11.7. The summed E-state index contributed by atoms with van der Waals surface area (Å²) in [6, 6.07) is 20.2. The molecule has 2 N–H and O–H groups in total. The summed E-state index contributed by atoms with van der Waals surface area (Å²) in [4.78, 5) is 14.3. The van der Waals surface area contributed by atoms with Crippen LogP contribution in [0.5, 0.6) is 0 Å². The van der Waals surface area contributed by atoms with Gasteiger partial charge in [-0.05, 0) is 65.8 Å². The number of carboxylic acids is 1. The Labute approximate surface area is 200 Å². The highest BCUT2D eigenvalue weighted by Gasteiger charge is 2.20. The van der Waals surface area contributed by atoms with Gasteiger partial charge in [-0.2, -0.15) is 0 Å². The standard InChI is InChI=1S/C29H31FN2O2/c1-20-4-3-5-21(2)28(20)31-27(29(33)34)18-22-6-10-24(11-7-22)25-14-16-32(17-15-25)19-23-8-12-26(30)13-9-23/h3-14,27,31H,15-19H2,1-2H3,(H,33,34)/t27-/m0/s1. The fourth-order valence-electron chi connectivity index (χ4n) is 4.47. The van der Waals surface area contributed by atoms with Crippen LogP contribution >= 0.6 is 0 Å². The second-order valence-corrected chi connectivity index (χ2v) is 9.04. The fourth-order valence-corrected chi connectivity index (χ4v) is 4.47. The van der Waals surface area contributed by atoms with Crippen LogP contribution in [0.4, 0.5) is 10.1 Å². The van der Waals surface area contributed by atoms with Gasteiger partial charge in [-0.25, -0.2) is 9.18 Å². The summed E-state index contributed by atoms with van der Waals surface area (Å²) in [5.74, 6) is -1.06. The normalized spacial score (nSPS) is 15.0. The van der Waals surface area contributed by atoms with Gasteiger partial charge in [0, 0.05) is 31.7 Å². The second kappa shape index (κ2) is 10.7. The van der Waals surface area contributed by atoms with Gasteiger partial charge in [0.2, 0.25) is 0 Å². The summed E-state index contributed by atoms with van der Waals surface area (Å²) < 4.78 is 13.1. The van der Waals surface area contributed by atoms with Gasteiger partial charge in [-0.3, -0.25) is 4.90 Å². The molecule has 4 nitrogen and oxygen atoms in total. The third kappa shape index (κ3) is 5.91. The van der Waals surface area contributed by atoms with E-state index in [-0.39, 0.29) is 5.82 Å². The Hall–Kier alpha value is -3.44. The van der Waals surface area contributed by atoms with Crippen molar-refractivity contribution >= 4 is 17.2 Å². The lowest BCUT2D eigenvalue weighted by Gasteiger charge is -2.26. The third-order valence-corrected chi connectivity index (χ3v) is 6.48. The highest BCUT2D eigenvalue weighted by Crippen LogP contribution is 2.25. The van der Waals surface area contributed by atoms with E-state index < -0.39 is 12.0 Å². The molecule has 0 aromatic heterocycles. The highest BCUT2D eigenvalue weighted by molar-refractivity contribution is 5.79. The molecule has 0 fully saturated rings. The fraction of sp³-hybridized carbons (Fsp3) is 0.276. The molecule has 0 aliphatic carbocycles. The second-order valence-electron chi connectivity index (χ2n) is 9.04. The van der Waals surface area contributed by atoms with Gasteiger partial charge in [-0.1, -0.05) is 60.7 Å². The van der Waals surface area contributed by atoms with Crippen molar-refractivity contribution in [3.05, 3.63) is 106 Å². The van der Waals surface area contributed by atoms with E-state index in [2.05, 4.69) is 28.4 Å². The molecule has 1 heterocycles. The van der Waals surface area contributed by atoms with Gasteiger partial charge in [-0.15, -0.1) is 0 Å². The number of halogens is 1. The van der Waals surface area contributed by atoms with Gasteiger partial charge in [0.25, 0.3) is 0 Å². The van der Waals surface area contributed by atoms with Crippen molar-refractivity contribution in [2.45, 2.75) is 39.3 Å². The predicted octanol–water partition coefficient (Wildman–Crippen LogP) is 5.84. The third-order valence-electron chi connectivity index (χ3n) is 6.48. The van der Waals surface area contributed by atoms with Gasteiger partial charge >= 0.3 is 5.97 Å². The number of nitrogens with zero attached hydrogens (tertiary/aromatic N) is 1. The van der Waals surface area contributed by atoms with Crippen LogP contribution in [0.25, 0.3) is 5.57 Å². The first-order valence-electron chi connectivity index (χ1n) is 11.7. The SMILES string of the molecule is Cc1cccc(C)c1N[C@@H](Cc1ccc(C2=CCN(Cc3ccc(F)cc3)CC2)cc1)C(=O)O. The summed E-state index contributed by atoms with van der Waals surface area (Å²) in [6.07, 6.45) is 3.62. The molecule has 3 aromatic carbocycles. The van der Waals surface area contributed by atoms with Gasteiger partial charge in [0.15, 0.2) is 0 Å². The van der Waals surface area contributed by atoms with Crippen LogP contribution < -0.4 is 5.32 Å². The Bertz CT molecular complexity index is 1150. The van der Waals surface area contributed by atoms with E-state index in [0.29, 0.717) is 6.42 Å². The topological polar surface area (TPSA) is 52.6 Å². The Kier molecular flexibility index (Phi) is 7.43. The van der Waals surface area contributed by atoms with Crippen molar-refractivity contribution in [2.75, 3.05) is 18.4 Å². The van der Waals surface area contributed by atoms with Crippen molar-refractivity contribution in [1.29, 1.82) is 0 Å². The Morgan fingerprint density at radius 1 is 1.00 bits per heavy atom. The molecule has 176 valence electrons. The largest absolute Gasteiger partial charge is 0.480 e. The Morgan fingerprint density at radius 3 is 2.24 bits per heavy atom. The lowest BCUT2D eigenvalue weighted by atomic mass is 9.96. The van der Waals surface area contributed by atoms with Crippen LogP contribution in [0.15, 0.2) is 72.8 Å². The van der Waals surface area contributed by atoms with Crippen LogP contribution in [-0.4, -0.2) is 35.1 Å². The number of anilines is 1. The molecule has 0 saturated carbocycles. The van der Waals surface area contributed by atoms with E-state index in [1.54, 1.807) is 0 Å². The zero-order valence-electron chi connectivity index (χ0n) is 19.7. The average Bonchev–Trinajstić information content (AvgIpc) is 2.83. The van der Waals surface area contributed by atoms with E-state index in [4.69, 9.17) is 0 Å². The monoisotopic (exact) mass is 458 g/mol. The summed E-state index contributed by atoms with van der Waals surface area (Å²) in [7, 11) is 0. The molecule has 4 rings (SSSR count). The number of benzene rings is 3. The number of hydrogen-bond donors (Lipinski definition) is 2. The Balaban J connectivity index is 1.38. The Morgan fingerprint density at radius 2 is 1.65 bits per heavy atom. The molecule has 1 aliphatic rings. The van der Waals surface area contributed by atoms with E-state index in [9.17, 15) is 14.3 Å². The number of carbonyl (C=O) groups is 1. The maximum atomic E-state index is 13.1. The van der Waals surface area contributed by atoms with Gasteiger partial charge in [0.05, 0.1) is 0 Å². The lowest BCUT2D eigenvalue weighted by molar-refractivity contribution is -0.137.